The van der Waals surface area contributed by atoms with Crippen LogP contribution in [0.2, 0.25) is 0 Å². The number of carboxylic acid groups (broad SMARTS) is 1. The third-order valence-electron chi connectivity index (χ3n) is 4.27. The molecule has 11 nitrogen and oxygen atoms in total. The first kappa shape index (κ1) is 22.1. The average molecular weight is 405 g/mol. The molecule has 0 fully saturated rings. The van der Waals surface area contributed by atoms with E-state index in [1.807, 2.05) is 13.8 Å². The number of imidazole rings is 2. The molecule has 7 N–H and O–H groups in total. The van der Waals surface area contributed by atoms with Crippen LogP contribution in [-0.4, -0.2) is 61.0 Å². The number of carbonyl (C=O) groups is 3. The molecule has 0 bridgehead atoms. The Hall–Kier alpha value is -3.21. The van der Waals surface area contributed by atoms with Gasteiger partial charge in [0.1, 0.15) is 12.1 Å². The minimum absolute atomic E-state index is 0.0444. The van der Waals surface area contributed by atoms with Crippen LogP contribution in [0, 0.1) is 5.92 Å². The molecule has 0 spiro atoms. The van der Waals surface area contributed by atoms with Gasteiger partial charge in [-0.15, -0.1) is 0 Å². The van der Waals surface area contributed by atoms with Crippen LogP contribution in [0.3, 0.4) is 0 Å². The topological polar surface area (TPSA) is 179 Å². The molecule has 0 saturated heterocycles. The van der Waals surface area contributed by atoms with Crippen molar-refractivity contribution in [1.29, 1.82) is 0 Å². The zero-order valence-electron chi connectivity index (χ0n) is 16.4. The maximum Gasteiger partial charge on any atom is 0.326 e. The first-order valence-corrected chi connectivity index (χ1v) is 9.29. The van der Waals surface area contributed by atoms with Crippen molar-refractivity contribution in [2.75, 3.05) is 0 Å². The molecule has 0 radical (unpaired) electrons. The van der Waals surface area contributed by atoms with Gasteiger partial charge >= 0.3 is 5.97 Å². The molecule has 0 aliphatic carbocycles. The van der Waals surface area contributed by atoms with Crippen molar-refractivity contribution in [3.63, 3.8) is 0 Å². The Bertz CT molecular complexity index is 789. The molecule has 2 rings (SSSR count). The monoisotopic (exact) mass is 405 g/mol. The van der Waals surface area contributed by atoms with Gasteiger partial charge in [0.15, 0.2) is 0 Å². The van der Waals surface area contributed by atoms with Crippen LogP contribution in [0.4, 0.5) is 0 Å². The van der Waals surface area contributed by atoms with Crippen molar-refractivity contribution in [3.05, 3.63) is 36.4 Å². The van der Waals surface area contributed by atoms with Crippen LogP contribution in [-0.2, 0) is 27.2 Å². The van der Waals surface area contributed by atoms with Gasteiger partial charge in [-0.25, -0.2) is 14.8 Å². The summed E-state index contributed by atoms with van der Waals surface area (Å²) in [5, 5.41) is 14.6. The number of nitrogens with one attached hydrogen (secondary N) is 4. The van der Waals surface area contributed by atoms with Crippen LogP contribution in [0.25, 0.3) is 0 Å². The second kappa shape index (κ2) is 10.4. The van der Waals surface area contributed by atoms with Crippen molar-refractivity contribution in [1.82, 2.24) is 30.6 Å². The quantitative estimate of drug-likeness (QED) is 0.287. The molecule has 2 aromatic rings. The Labute approximate surface area is 167 Å². The normalized spacial score (nSPS) is 14.2. The van der Waals surface area contributed by atoms with Gasteiger partial charge in [-0.3, -0.25) is 9.59 Å². The van der Waals surface area contributed by atoms with Gasteiger partial charge < -0.3 is 31.4 Å². The summed E-state index contributed by atoms with van der Waals surface area (Å²) in [4.78, 5) is 50.1. The summed E-state index contributed by atoms with van der Waals surface area (Å²) >= 11 is 0. The lowest BCUT2D eigenvalue weighted by Gasteiger charge is -2.24. The predicted molar refractivity (Wildman–Crippen MR) is 104 cm³/mol. The minimum Gasteiger partial charge on any atom is -0.480 e. The number of aromatic nitrogens is 4. The highest BCUT2D eigenvalue weighted by atomic mass is 16.4. The number of carboxylic acids is 1. The molecule has 0 aliphatic rings. The van der Waals surface area contributed by atoms with E-state index in [2.05, 4.69) is 30.6 Å². The third kappa shape index (κ3) is 7.03. The Morgan fingerprint density at radius 1 is 1.00 bits per heavy atom. The Morgan fingerprint density at radius 2 is 1.55 bits per heavy atom. The van der Waals surface area contributed by atoms with Crippen LogP contribution in [0.5, 0.6) is 0 Å². The fourth-order valence-corrected chi connectivity index (χ4v) is 2.80. The number of hydrogen-bond acceptors (Lipinski definition) is 6. The van der Waals surface area contributed by atoms with E-state index >= 15 is 0 Å². The average Bonchev–Trinajstić information content (AvgIpc) is 3.33. The summed E-state index contributed by atoms with van der Waals surface area (Å²) in [5.74, 6) is -2.17. The van der Waals surface area contributed by atoms with Gasteiger partial charge in [0, 0.05) is 36.6 Å². The highest BCUT2D eigenvalue weighted by molar-refractivity contribution is 5.91. The second-order valence-corrected chi connectivity index (χ2v) is 7.26. The predicted octanol–water partition coefficient (Wildman–Crippen LogP) is -0.654. The van der Waals surface area contributed by atoms with Crippen molar-refractivity contribution < 1.29 is 19.5 Å². The van der Waals surface area contributed by atoms with E-state index in [4.69, 9.17) is 5.73 Å². The number of rotatable bonds is 11. The molecule has 3 unspecified atom stereocenters. The van der Waals surface area contributed by atoms with Gasteiger partial charge in [-0.1, -0.05) is 13.8 Å². The van der Waals surface area contributed by atoms with Crippen molar-refractivity contribution >= 4 is 17.8 Å². The Kier molecular flexibility index (Phi) is 7.89. The number of hydrogen-bond donors (Lipinski definition) is 6. The van der Waals surface area contributed by atoms with E-state index in [-0.39, 0.29) is 18.8 Å². The van der Waals surface area contributed by atoms with E-state index in [0.29, 0.717) is 17.8 Å². The number of aromatic amines is 2. The van der Waals surface area contributed by atoms with E-state index in [0.717, 1.165) is 0 Å². The van der Waals surface area contributed by atoms with Crippen molar-refractivity contribution in [2.45, 2.75) is 51.2 Å². The molecule has 11 heteroatoms. The summed E-state index contributed by atoms with van der Waals surface area (Å²) in [7, 11) is 0. The number of aliphatic carboxylic acids is 1. The van der Waals surface area contributed by atoms with Gasteiger partial charge in [0.05, 0.1) is 18.7 Å². The molecule has 0 aliphatic heterocycles. The number of amides is 2. The summed E-state index contributed by atoms with van der Waals surface area (Å²) < 4.78 is 0. The zero-order chi connectivity index (χ0) is 21.4. The van der Waals surface area contributed by atoms with Gasteiger partial charge in [0.25, 0.3) is 0 Å². The van der Waals surface area contributed by atoms with Crippen molar-refractivity contribution in [2.24, 2.45) is 11.7 Å². The Morgan fingerprint density at radius 3 is 2.03 bits per heavy atom. The van der Waals surface area contributed by atoms with Crippen LogP contribution >= 0.6 is 0 Å². The lowest BCUT2D eigenvalue weighted by atomic mass is 10.0. The van der Waals surface area contributed by atoms with Gasteiger partial charge in [0.2, 0.25) is 11.8 Å². The van der Waals surface area contributed by atoms with Crippen LogP contribution in [0.1, 0.15) is 31.7 Å². The first-order valence-electron chi connectivity index (χ1n) is 9.29. The largest absolute Gasteiger partial charge is 0.480 e. The minimum atomic E-state index is -1.18. The lowest BCUT2D eigenvalue weighted by Crippen LogP contribution is -2.55. The fraction of sp³-hybridized carbons (Fsp3) is 0.500. The zero-order valence-corrected chi connectivity index (χ0v) is 16.4. The van der Waals surface area contributed by atoms with Crippen LogP contribution < -0.4 is 16.4 Å². The number of H-pyrrole nitrogens is 2. The standard InChI is InChI=1S/C18H27N7O4/c1-10(2)3-14(24-16(26)13(19)4-11-6-20-8-22-11)17(27)25-15(18(28)29)5-12-7-21-9-23-12/h6-10,13-15H,3-5,19H2,1-2H3,(H,20,22)(H,21,23)(H,24,26)(H,25,27)(H,28,29). The van der Waals surface area contributed by atoms with E-state index in [1.54, 1.807) is 6.20 Å². The van der Waals surface area contributed by atoms with Gasteiger partial charge in [-0.05, 0) is 12.3 Å². The third-order valence-corrected chi connectivity index (χ3v) is 4.27. The number of nitrogens with two attached hydrogens (primary N) is 1. The molecule has 158 valence electrons. The van der Waals surface area contributed by atoms with Crippen molar-refractivity contribution in [3.8, 4) is 0 Å². The molecule has 29 heavy (non-hydrogen) atoms. The molecular formula is C18H27N7O4. The summed E-state index contributed by atoms with van der Waals surface area (Å²) in [6.45, 7) is 3.80. The molecule has 2 aromatic heterocycles. The second-order valence-electron chi connectivity index (χ2n) is 7.26. The smallest absolute Gasteiger partial charge is 0.326 e. The molecule has 0 saturated carbocycles. The molecule has 2 amide bonds. The number of nitrogens with zero attached hydrogens (tertiary/aromatic N) is 2. The summed E-state index contributed by atoms with van der Waals surface area (Å²) in [5.41, 5.74) is 7.20. The molecule has 2 heterocycles. The molecule has 0 aromatic carbocycles. The van der Waals surface area contributed by atoms with E-state index < -0.39 is 35.9 Å². The Balaban J connectivity index is 2.01. The SMILES string of the molecule is CC(C)CC(NC(=O)C(N)Cc1cnc[nH]1)C(=O)NC(Cc1cnc[nH]1)C(=O)O. The highest BCUT2D eigenvalue weighted by Gasteiger charge is 2.29. The molecular weight excluding hydrogens is 378 g/mol. The lowest BCUT2D eigenvalue weighted by molar-refractivity contribution is -0.142. The van der Waals surface area contributed by atoms with E-state index in [1.165, 1.54) is 18.9 Å². The summed E-state index contributed by atoms with van der Waals surface area (Å²) in [6.07, 6.45) is 6.59. The highest BCUT2D eigenvalue weighted by Crippen LogP contribution is 2.08. The first-order chi connectivity index (χ1) is 13.8. The van der Waals surface area contributed by atoms with Crippen LogP contribution in [0.15, 0.2) is 25.0 Å². The maximum absolute atomic E-state index is 12.7. The number of carbonyl (C=O) groups excluding carboxylic acids is 2. The molecule has 3 atom stereocenters. The fourth-order valence-electron chi connectivity index (χ4n) is 2.80. The van der Waals surface area contributed by atoms with E-state index in [9.17, 15) is 19.5 Å². The van der Waals surface area contributed by atoms with Gasteiger partial charge in [-0.2, -0.15) is 0 Å². The summed E-state index contributed by atoms with van der Waals surface area (Å²) in [6, 6.07) is -2.94. The maximum atomic E-state index is 12.7.